The maximum Gasteiger partial charge on any atom is 0.408 e. The van der Waals surface area contributed by atoms with Crippen LogP contribution in [0.3, 0.4) is 0 Å². The first-order valence-corrected chi connectivity index (χ1v) is 21.0. The molecule has 8 rings (SSSR count). The van der Waals surface area contributed by atoms with Gasteiger partial charge in [0.2, 0.25) is 5.91 Å². The lowest BCUT2D eigenvalue weighted by Gasteiger charge is -2.35. The Morgan fingerprint density at radius 1 is 0.729 bits per heavy atom. The first-order chi connectivity index (χ1) is 28.4. The molecule has 0 spiro atoms. The van der Waals surface area contributed by atoms with Gasteiger partial charge in [0.25, 0.3) is 5.91 Å². The van der Waals surface area contributed by atoms with Gasteiger partial charge in [-0.15, -0.1) is 0 Å². The van der Waals surface area contributed by atoms with E-state index in [1.807, 2.05) is 92.3 Å². The van der Waals surface area contributed by atoms with Crippen LogP contribution in [0.25, 0.3) is 33.6 Å². The van der Waals surface area contributed by atoms with Gasteiger partial charge in [-0.05, 0) is 114 Å². The minimum Gasteiger partial charge on any atom is -0.433 e. The van der Waals surface area contributed by atoms with Gasteiger partial charge >= 0.3 is 6.09 Å². The molecule has 308 valence electrons. The number of H-pyrrole nitrogens is 2. The molecular weight excluding hydrogens is 741 g/mol. The average molecular weight is 797 g/mol. The number of carbonyl (C=O) groups excluding carboxylic acids is 3. The van der Waals surface area contributed by atoms with Crippen LogP contribution in [0.15, 0.2) is 91.3 Å². The van der Waals surface area contributed by atoms with Crippen molar-refractivity contribution in [1.29, 1.82) is 0 Å². The molecule has 0 bridgehead atoms. The van der Waals surface area contributed by atoms with Gasteiger partial charge in [-0.2, -0.15) is 0 Å². The maximum absolute atomic E-state index is 14.1. The second-order valence-electron chi connectivity index (χ2n) is 17.6. The van der Waals surface area contributed by atoms with Gasteiger partial charge in [0.1, 0.15) is 17.7 Å². The van der Waals surface area contributed by atoms with Crippen molar-refractivity contribution in [3.8, 4) is 33.6 Å². The zero-order chi connectivity index (χ0) is 41.3. The van der Waals surface area contributed by atoms with E-state index in [1.54, 1.807) is 0 Å². The van der Waals surface area contributed by atoms with Crippen LogP contribution in [-0.2, 0) is 14.3 Å². The van der Waals surface area contributed by atoms with Crippen LogP contribution in [0.4, 0.5) is 4.79 Å². The summed E-state index contributed by atoms with van der Waals surface area (Å²) in [6, 6.07) is 26.1. The second-order valence-corrected chi connectivity index (χ2v) is 17.6. The number of likely N-dealkylation sites (N-methyl/N-ethyl adjacent to an activating group) is 1. The molecule has 3 N–H and O–H groups in total. The lowest BCUT2D eigenvalue weighted by molar-refractivity contribution is -0.152. The Hall–Kier alpha value is -5.75. The Morgan fingerprint density at radius 2 is 1.22 bits per heavy atom. The van der Waals surface area contributed by atoms with E-state index < -0.39 is 17.2 Å². The molecule has 3 amide bonds. The highest BCUT2D eigenvalue weighted by Crippen LogP contribution is 2.41. The smallest absolute Gasteiger partial charge is 0.408 e. The highest BCUT2D eigenvalue weighted by Gasteiger charge is 2.50. The van der Waals surface area contributed by atoms with Gasteiger partial charge in [-0.1, -0.05) is 78.9 Å². The third-order valence-electron chi connectivity index (χ3n) is 12.0. The summed E-state index contributed by atoms with van der Waals surface area (Å²) in [4.78, 5) is 63.3. The van der Waals surface area contributed by atoms with Crippen LogP contribution in [0.2, 0.25) is 0 Å². The molecule has 3 fully saturated rings. The molecule has 12 heteroatoms. The first-order valence-electron chi connectivity index (χ1n) is 21.0. The molecule has 3 atom stereocenters. The summed E-state index contributed by atoms with van der Waals surface area (Å²) < 4.78 is 5.95. The number of aromatic amines is 2. The summed E-state index contributed by atoms with van der Waals surface area (Å²) in [7, 11) is 3.91. The molecule has 2 aromatic heterocycles. The Kier molecular flexibility index (Phi) is 11.2. The third kappa shape index (κ3) is 8.41. The van der Waals surface area contributed by atoms with Crippen molar-refractivity contribution >= 4 is 17.9 Å². The van der Waals surface area contributed by atoms with Crippen molar-refractivity contribution in [2.24, 2.45) is 0 Å². The minimum absolute atomic E-state index is 0.0950. The van der Waals surface area contributed by atoms with E-state index in [9.17, 15) is 14.4 Å². The van der Waals surface area contributed by atoms with Crippen LogP contribution in [-0.4, -0.2) is 90.9 Å². The van der Waals surface area contributed by atoms with Crippen LogP contribution >= 0.6 is 0 Å². The molecule has 2 saturated heterocycles. The van der Waals surface area contributed by atoms with Crippen molar-refractivity contribution in [1.82, 2.24) is 40.0 Å². The van der Waals surface area contributed by atoms with Crippen LogP contribution < -0.4 is 5.32 Å². The summed E-state index contributed by atoms with van der Waals surface area (Å²) >= 11 is 0. The van der Waals surface area contributed by atoms with Crippen LogP contribution in [0.1, 0.15) is 107 Å². The first kappa shape index (κ1) is 40.0. The Morgan fingerprint density at radius 3 is 1.73 bits per heavy atom. The normalized spacial score (nSPS) is 19.6. The number of nitrogens with one attached hydrogen (secondary N) is 3. The van der Waals surface area contributed by atoms with E-state index >= 15 is 0 Å². The third-order valence-corrected chi connectivity index (χ3v) is 12.0. The standard InChI is InChI=1S/C47H56N8O4/c1-46(2,3)52-45(58)59-47(25-9-10-26-47)44(57)55-28-12-16-39(55)42-49-30-37(51-42)34-23-19-32(20-24-34)31-17-21-33(22-18-31)36-29-48-41(50-36)38-15-11-27-54(38)43(56)40(53(4)5)35-13-7-6-8-14-35/h6-8,13-14,17-24,29-30,38-40H,9-12,15-16,25-28H2,1-5H3,(H,48,50)(H,49,51)(H,52,58)/t38-,39-,40+/m0/s1. The summed E-state index contributed by atoms with van der Waals surface area (Å²) in [6.45, 7) is 7.01. The number of aromatic nitrogens is 4. The molecular formula is C47H56N8O4. The maximum atomic E-state index is 14.1. The van der Waals surface area contributed by atoms with Crippen molar-refractivity contribution in [3.05, 3.63) is 108 Å². The Balaban J connectivity index is 0.919. The lowest BCUT2D eigenvalue weighted by atomic mass is 9.99. The topological polar surface area (TPSA) is 140 Å². The number of imidazole rings is 2. The number of carbonyl (C=O) groups is 3. The molecule has 59 heavy (non-hydrogen) atoms. The summed E-state index contributed by atoms with van der Waals surface area (Å²) in [5.74, 6) is 1.54. The average Bonchev–Trinajstić information content (AvgIpc) is 4.07. The molecule has 5 aromatic rings. The van der Waals surface area contributed by atoms with Gasteiger partial charge in [-0.25, -0.2) is 14.8 Å². The van der Waals surface area contributed by atoms with E-state index in [2.05, 4.69) is 63.8 Å². The Labute approximate surface area is 346 Å². The fourth-order valence-corrected chi connectivity index (χ4v) is 9.13. The van der Waals surface area contributed by atoms with E-state index in [4.69, 9.17) is 14.7 Å². The van der Waals surface area contributed by atoms with Gasteiger partial charge in [0, 0.05) is 18.6 Å². The summed E-state index contributed by atoms with van der Waals surface area (Å²) in [5.41, 5.74) is 5.40. The number of nitrogens with zero attached hydrogens (tertiary/aromatic N) is 5. The molecule has 2 aliphatic heterocycles. The largest absolute Gasteiger partial charge is 0.433 e. The zero-order valence-corrected chi connectivity index (χ0v) is 34.8. The predicted octanol–water partition coefficient (Wildman–Crippen LogP) is 8.60. The highest BCUT2D eigenvalue weighted by atomic mass is 16.6. The monoisotopic (exact) mass is 796 g/mol. The molecule has 0 radical (unpaired) electrons. The lowest BCUT2D eigenvalue weighted by Crippen LogP contribution is -2.53. The quantitative estimate of drug-likeness (QED) is 0.129. The van der Waals surface area contributed by atoms with Gasteiger partial charge < -0.3 is 29.8 Å². The van der Waals surface area contributed by atoms with Crippen molar-refractivity contribution in [2.45, 2.75) is 101 Å². The highest BCUT2D eigenvalue weighted by molar-refractivity contribution is 5.89. The molecule has 12 nitrogen and oxygen atoms in total. The fourth-order valence-electron chi connectivity index (χ4n) is 9.13. The van der Waals surface area contributed by atoms with E-state index in [0.717, 1.165) is 89.4 Å². The Bertz CT molecular complexity index is 2250. The van der Waals surface area contributed by atoms with Gasteiger partial charge in [0.15, 0.2) is 5.60 Å². The summed E-state index contributed by atoms with van der Waals surface area (Å²) in [5, 5.41) is 2.86. The number of ether oxygens (including phenoxy) is 1. The number of benzene rings is 3. The van der Waals surface area contributed by atoms with Gasteiger partial charge in [-0.3, -0.25) is 14.5 Å². The molecule has 0 unspecified atom stereocenters. The predicted molar refractivity (Wildman–Crippen MR) is 228 cm³/mol. The van der Waals surface area contributed by atoms with E-state index in [-0.39, 0.29) is 29.9 Å². The van der Waals surface area contributed by atoms with Crippen molar-refractivity contribution < 1.29 is 19.1 Å². The number of rotatable bonds is 10. The number of likely N-dealkylation sites (tertiary alicyclic amines) is 2. The van der Waals surface area contributed by atoms with Crippen LogP contribution in [0.5, 0.6) is 0 Å². The zero-order valence-electron chi connectivity index (χ0n) is 34.8. The minimum atomic E-state index is -1.14. The second kappa shape index (κ2) is 16.5. The van der Waals surface area contributed by atoms with Crippen molar-refractivity contribution in [3.63, 3.8) is 0 Å². The SMILES string of the molecule is CN(C)[C@@H](C(=O)N1CCC[C@H]1c1ncc(-c2ccc(-c3ccc(-c4cnc([C@@H]5CCCN5C(=O)C5(OC(=O)NC(C)(C)C)CCCC5)[nH]4)cc3)cc2)[nH]1)c1ccccc1. The van der Waals surface area contributed by atoms with E-state index in [1.165, 1.54) is 0 Å². The number of hydrogen-bond donors (Lipinski definition) is 3. The fraction of sp³-hybridized carbons (Fsp3) is 0.426. The van der Waals surface area contributed by atoms with Gasteiger partial charge in [0.05, 0.1) is 35.9 Å². The van der Waals surface area contributed by atoms with Crippen LogP contribution in [0, 0.1) is 0 Å². The summed E-state index contributed by atoms with van der Waals surface area (Å²) in [6.07, 6.45) is 9.38. The van der Waals surface area contributed by atoms with Crippen molar-refractivity contribution in [2.75, 3.05) is 27.2 Å². The molecule has 4 heterocycles. The number of alkyl carbamates (subject to hydrolysis) is 1. The molecule has 1 aliphatic carbocycles. The molecule has 3 aliphatic rings. The number of amides is 3. The van der Waals surface area contributed by atoms with E-state index in [0.29, 0.717) is 25.9 Å². The molecule has 1 saturated carbocycles. The number of hydrogen-bond acceptors (Lipinski definition) is 7. The molecule has 3 aromatic carbocycles.